The molecule has 0 radical (unpaired) electrons. The van der Waals surface area contributed by atoms with Crippen molar-refractivity contribution < 1.29 is 5.11 Å². The second-order valence-electron chi connectivity index (χ2n) is 3.63. The maximum atomic E-state index is 11.2. The number of aromatic amines is 1. The van der Waals surface area contributed by atoms with E-state index in [-0.39, 0.29) is 5.56 Å². The van der Waals surface area contributed by atoms with Gasteiger partial charge in [0.1, 0.15) is 4.47 Å². The van der Waals surface area contributed by atoms with Gasteiger partial charge in [-0.15, -0.1) is 0 Å². The van der Waals surface area contributed by atoms with Crippen LogP contribution in [0, 0.1) is 0 Å². The molecule has 0 aliphatic rings. The summed E-state index contributed by atoms with van der Waals surface area (Å²) in [5, 5.41) is 18.7. The van der Waals surface area contributed by atoms with E-state index >= 15 is 0 Å². The van der Waals surface area contributed by atoms with Crippen molar-refractivity contribution in [2.75, 3.05) is 11.9 Å². The zero-order valence-corrected chi connectivity index (χ0v) is 10.3. The minimum absolute atomic E-state index is 0.295. The Hall–Kier alpha value is -0.880. The summed E-state index contributed by atoms with van der Waals surface area (Å²) >= 11 is 3.14. The Kier molecular flexibility index (Phi) is 3.87. The molecule has 5 nitrogen and oxygen atoms in total. The third-order valence-electron chi connectivity index (χ3n) is 2.22. The zero-order chi connectivity index (χ0) is 11.5. The lowest BCUT2D eigenvalue weighted by atomic mass is 10.0. The molecule has 0 bridgehead atoms. The summed E-state index contributed by atoms with van der Waals surface area (Å²) in [6.07, 6.45) is 2.13. The third-order valence-corrected chi connectivity index (χ3v) is 3.00. The van der Waals surface area contributed by atoms with Crippen LogP contribution in [-0.4, -0.2) is 27.4 Å². The fraction of sp³-hybridized carbons (Fsp3) is 0.556. The van der Waals surface area contributed by atoms with Crippen molar-refractivity contribution in [2.24, 2.45) is 0 Å². The van der Waals surface area contributed by atoms with Gasteiger partial charge in [0.2, 0.25) is 0 Å². The molecule has 0 aromatic carbocycles. The van der Waals surface area contributed by atoms with Crippen LogP contribution in [-0.2, 0) is 0 Å². The first-order chi connectivity index (χ1) is 6.96. The molecule has 0 aliphatic heterocycles. The SMILES string of the molecule is CCC(C)(O)CNc1cn[nH]c(=O)c1Br. The van der Waals surface area contributed by atoms with Crippen molar-refractivity contribution in [1.29, 1.82) is 0 Å². The summed E-state index contributed by atoms with van der Waals surface area (Å²) in [5.74, 6) is 0. The highest BCUT2D eigenvalue weighted by atomic mass is 79.9. The number of H-pyrrole nitrogens is 1. The number of hydrogen-bond acceptors (Lipinski definition) is 4. The summed E-state index contributed by atoms with van der Waals surface area (Å²) in [7, 11) is 0. The van der Waals surface area contributed by atoms with Crippen molar-refractivity contribution >= 4 is 21.6 Å². The topological polar surface area (TPSA) is 78.0 Å². The van der Waals surface area contributed by atoms with Gasteiger partial charge in [-0.2, -0.15) is 5.10 Å². The molecular formula is C9H14BrN3O2. The Morgan fingerprint density at radius 1 is 1.73 bits per heavy atom. The van der Waals surface area contributed by atoms with Crippen molar-refractivity contribution in [3.05, 3.63) is 21.0 Å². The minimum atomic E-state index is -0.790. The van der Waals surface area contributed by atoms with E-state index in [1.165, 1.54) is 6.20 Å². The van der Waals surface area contributed by atoms with Gasteiger partial charge in [0.25, 0.3) is 5.56 Å². The number of nitrogens with zero attached hydrogens (tertiary/aromatic N) is 1. The second kappa shape index (κ2) is 4.76. The number of aliphatic hydroxyl groups is 1. The van der Waals surface area contributed by atoms with Crippen LogP contribution in [0.4, 0.5) is 5.69 Å². The minimum Gasteiger partial charge on any atom is -0.388 e. The molecule has 1 rings (SSSR count). The number of halogens is 1. The maximum absolute atomic E-state index is 11.2. The number of nitrogens with one attached hydrogen (secondary N) is 2. The van der Waals surface area contributed by atoms with E-state index in [1.54, 1.807) is 6.92 Å². The number of hydrogen-bond donors (Lipinski definition) is 3. The Morgan fingerprint density at radius 2 is 2.40 bits per heavy atom. The molecule has 15 heavy (non-hydrogen) atoms. The predicted octanol–water partition coefficient (Wildman–Crippen LogP) is 1.11. The molecular weight excluding hydrogens is 262 g/mol. The van der Waals surface area contributed by atoms with E-state index < -0.39 is 5.60 Å². The molecule has 1 unspecified atom stereocenters. The lowest BCUT2D eigenvalue weighted by Crippen LogP contribution is -2.32. The summed E-state index contributed by atoms with van der Waals surface area (Å²) < 4.78 is 0.393. The van der Waals surface area contributed by atoms with Crippen molar-refractivity contribution in [1.82, 2.24) is 10.2 Å². The highest BCUT2D eigenvalue weighted by Crippen LogP contribution is 2.17. The van der Waals surface area contributed by atoms with Crippen LogP contribution in [0.1, 0.15) is 20.3 Å². The quantitative estimate of drug-likeness (QED) is 0.769. The fourth-order valence-electron chi connectivity index (χ4n) is 0.917. The molecule has 6 heteroatoms. The smallest absolute Gasteiger partial charge is 0.280 e. The van der Waals surface area contributed by atoms with Crippen molar-refractivity contribution in [3.8, 4) is 0 Å². The highest BCUT2D eigenvalue weighted by Gasteiger charge is 2.17. The van der Waals surface area contributed by atoms with Crippen LogP contribution >= 0.6 is 15.9 Å². The molecule has 0 aliphatic carbocycles. The number of anilines is 1. The lowest BCUT2D eigenvalue weighted by molar-refractivity contribution is 0.0697. The van der Waals surface area contributed by atoms with Gasteiger partial charge < -0.3 is 10.4 Å². The van der Waals surface area contributed by atoms with Gasteiger partial charge in [-0.3, -0.25) is 4.79 Å². The van der Waals surface area contributed by atoms with E-state index in [0.717, 1.165) is 0 Å². The molecule has 0 saturated carbocycles. The third kappa shape index (κ3) is 3.32. The van der Waals surface area contributed by atoms with E-state index in [1.807, 2.05) is 6.92 Å². The van der Waals surface area contributed by atoms with Crippen LogP contribution in [0.3, 0.4) is 0 Å². The monoisotopic (exact) mass is 275 g/mol. The average Bonchev–Trinajstić information content (AvgIpc) is 2.20. The van der Waals surface area contributed by atoms with E-state index in [0.29, 0.717) is 23.1 Å². The normalized spacial score (nSPS) is 14.7. The molecule has 1 aromatic rings. The molecule has 0 saturated heterocycles. The van der Waals surface area contributed by atoms with Crippen LogP contribution in [0.25, 0.3) is 0 Å². The van der Waals surface area contributed by atoms with Gasteiger partial charge in [0, 0.05) is 6.54 Å². The van der Waals surface area contributed by atoms with Gasteiger partial charge in [-0.05, 0) is 29.3 Å². The van der Waals surface area contributed by atoms with Gasteiger partial charge in [0.05, 0.1) is 17.5 Å². The Balaban J connectivity index is 2.74. The molecule has 1 heterocycles. The lowest BCUT2D eigenvalue weighted by Gasteiger charge is -2.22. The van der Waals surface area contributed by atoms with Gasteiger partial charge in [0.15, 0.2) is 0 Å². The van der Waals surface area contributed by atoms with E-state index in [9.17, 15) is 9.90 Å². The molecule has 0 amide bonds. The van der Waals surface area contributed by atoms with Crippen molar-refractivity contribution in [3.63, 3.8) is 0 Å². The van der Waals surface area contributed by atoms with E-state index in [2.05, 4.69) is 31.4 Å². The predicted molar refractivity (Wildman–Crippen MR) is 62.0 cm³/mol. The molecule has 3 N–H and O–H groups in total. The Morgan fingerprint density at radius 3 is 3.00 bits per heavy atom. The first-order valence-corrected chi connectivity index (χ1v) is 5.45. The summed E-state index contributed by atoms with van der Waals surface area (Å²) in [4.78, 5) is 11.2. The van der Waals surface area contributed by atoms with Crippen LogP contribution in [0.2, 0.25) is 0 Å². The molecule has 1 aromatic heterocycles. The van der Waals surface area contributed by atoms with Crippen LogP contribution < -0.4 is 10.9 Å². The zero-order valence-electron chi connectivity index (χ0n) is 8.67. The van der Waals surface area contributed by atoms with Gasteiger partial charge in [-0.1, -0.05) is 6.92 Å². The van der Waals surface area contributed by atoms with E-state index in [4.69, 9.17) is 0 Å². The molecule has 0 fully saturated rings. The standard InChI is InChI=1S/C9H14BrN3O2/c1-3-9(2,15)5-11-6-4-12-13-8(14)7(6)10/h4,15H,3,5H2,1-2H3,(H2,11,13,14). The van der Waals surface area contributed by atoms with Gasteiger partial charge in [-0.25, -0.2) is 5.10 Å². The largest absolute Gasteiger partial charge is 0.388 e. The van der Waals surface area contributed by atoms with Crippen LogP contribution in [0.15, 0.2) is 15.5 Å². The molecule has 0 spiro atoms. The Bertz CT molecular complexity index is 389. The second-order valence-corrected chi connectivity index (χ2v) is 4.42. The molecule has 1 atom stereocenters. The first kappa shape index (κ1) is 12.2. The van der Waals surface area contributed by atoms with Gasteiger partial charge >= 0.3 is 0 Å². The Labute approximate surface area is 96.0 Å². The highest BCUT2D eigenvalue weighted by molar-refractivity contribution is 9.10. The summed E-state index contributed by atoms with van der Waals surface area (Å²) in [6, 6.07) is 0. The number of aromatic nitrogens is 2. The summed E-state index contributed by atoms with van der Waals surface area (Å²) in [6.45, 7) is 3.99. The maximum Gasteiger partial charge on any atom is 0.280 e. The van der Waals surface area contributed by atoms with Crippen molar-refractivity contribution in [2.45, 2.75) is 25.9 Å². The first-order valence-electron chi connectivity index (χ1n) is 4.65. The number of rotatable bonds is 4. The fourth-order valence-corrected chi connectivity index (χ4v) is 1.25. The average molecular weight is 276 g/mol. The summed E-state index contributed by atoms with van der Waals surface area (Å²) in [5.41, 5.74) is -0.509. The van der Waals surface area contributed by atoms with Crippen LogP contribution in [0.5, 0.6) is 0 Å². The molecule has 84 valence electrons.